The van der Waals surface area contributed by atoms with E-state index in [-0.39, 0.29) is 24.4 Å². The molecule has 124 valence electrons. The fourth-order valence-electron chi connectivity index (χ4n) is 3.02. The highest BCUT2D eigenvalue weighted by atomic mass is 16.7. The highest BCUT2D eigenvalue weighted by Crippen LogP contribution is 2.40. The molecule has 1 heterocycles. The molecule has 3 rings (SSSR count). The Kier molecular flexibility index (Phi) is 4.68. The molecule has 23 heavy (non-hydrogen) atoms. The molecule has 1 fully saturated rings. The number of rotatable bonds is 4. The zero-order chi connectivity index (χ0) is 16.5. The van der Waals surface area contributed by atoms with Crippen molar-refractivity contribution in [1.29, 1.82) is 0 Å². The molecule has 1 unspecified atom stereocenters. The molecule has 1 aromatic carbocycles. The minimum Gasteiger partial charge on any atom is -0.400 e. The highest BCUT2D eigenvalue weighted by Gasteiger charge is 2.52. The Labute approximate surface area is 140 Å². The van der Waals surface area contributed by atoms with Crippen molar-refractivity contribution in [3.63, 3.8) is 0 Å². The Morgan fingerprint density at radius 1 is 1.09 bits per heavy atom. The summed E-state index contributed by atoms with van der Waals surface area (Å²) < 4.78 is 18.4. The topological polar surface area (TPSA) is 27.7 Å². The van der Waals surface area contributed by atoms with Crippen LogP contribution in [0, 0.1) is 0 Å². The first kappa shape index (κ1) is 16.8. The number of benzene rings is 1. The van der Waals surface area contributed by atoms with Crippen LogP contribution in [0.25, 0.3) is 0 Å². The summed E-state index contributed by atoms with van der Waals surface area (Å²) >= 11 is 0. The lowest BCUT2D eigenvalue weighted by molar-refractivity contribution is 0.00578. The lowest BCUT2D eigenvalue weighted by Crippen LogP contribution is -2.41. The molecule has 0 N–H and O–H groups in total. The Balaban J connectivity index is 1.58. The smallest absolute Gasteiger partial charge is 0.400 e. The third-order valence-corrected chi connectivity index (χ3v) is 5.24. The van der Waals surface area contributed by atoms with Gasteiger partial charge in [0.2, 0.25) is 0 Å². The summed E-state index contributed by atoms with van der Waals surface area (Å²) in [7, 11) is -0.233. The van der Waals surface area contributed by atoms with Gasteiger partial charge in [-0.05, 0) is 58.0 Å². The lowest BCUT2D eigenvalue weighted by atomic mass is 9.72. The second-order valence-electron chi connectivity index (χ2n) is 7.57. The van der Waals surface area contributed by atoms with E-state index in [0.717, 1.165) is 19.3 Å². The van der Waals surface area contributed by atoms with Crippen LogP contribution in [0.2, 0.25) is 0 Å². The van der Waals surface area contributed by atoms with Gasteiger partial charge in [0.15, 0.2) is 0 Å². The van der Waals surface area contributed by atoms with Crippen LogP contribution in [0.3, 0.4) is 0 Å². The van der Waals surface area contributed by atoms with Crippen LogP contribution in [0.15, 0.2) is 41.9 Å². The monoisotopic (exact) mass is 314 g/mol. The van der Waals surface area contributed by atoms with E-state index in [1.807, 2.05) is 6.07 Å². The summed E-state index contributed by atoms with van der Waals surface area (Å²) in [4.78, 5) is 0. The molecule has 1 aliphatic heterocycles. The largest absolute Gasteiger partial charge is 0.490 e. The normalized spacial score (nSPS) is 26.2. The van der Waals surface area contributed by atoms with E-state index >= 15 is 0 Å². The summed E-state index contributed by atoms with van der Waals surface area (Å²) in [5.74, 6) is 0. The second-order valence-corrected chi connectivity index (χ2v) is 7.57. The minimum absolute atomic E-state index is 0.233. The number of hydrogen-bond donors (Lipinski definition) is 0. The summed E-state index contributed by atoms with van der Waals surface area (Å²) in [6, 6.07) is 10.3. The molecular weight excluding hydrogens is 287 g/mol. The fraction of sp³-hybridized carbons (Fsp3) is 0.579. The van der Waals surface area contributed by atoms with Crippen LogP contribution in [0.5, 0.6) is 0 Å². The SMILES string of the molecule is CC1(C)OB(C2=CCCC(OCc3ccccc3)C2)OC1(C)C. The first-order valence-electron chi connectivity index (χ1n) is 8.57. The van der Waals surface area contributed by atoms with Gasteiger partial charge in [0, 0.05) is 0 Å². The molecule has 1 aliphatic carbocycles. The Morgan fingerprint density at radius 2 is 1.74 bits per heavy atom. The van der Waals surface area contributed by atoms with E-state index in [0.29, 0.717) is 6.61 Å². The van der Waals surface area contributed by atoms with Crippen LogP contribution >= 0.6 is 0 Å². The summed E-state index contributed by atoms with van der Waals surface area (Å²) in [5.41, 5.74) is 1.89. The number of allylic oxidation sites excluding steroid dienone is 1. The average molecular weight is 314 g/mol. The Morgan fingerprint density at radius 3 is 2.39 bits per heavy atom. The predicted octanol–water partition coefficient (Wildman–Crippen LogP) is 4.31. The summed E-state index contributed by atoms with van der Waals surface area (Å²) in [5, 5.41) is 0. The zero-order valence-corrected chi connectivity index (χ0v) is 14.7. The van der Waals surface area contributed by atoms with Crippen LogP contribution in [-0.4, -0.2) is 24.4 Å². The van der Waals surface area contributed by atoms with Crippen molar-refractivity contribution >= 4 is 7.12 Å². The Bertz CT molecular complexity index is 549. The third kappa shape index (κ3) is 3.71. The first-order valence-corrected chi connectivity index (χ1v) is 8.57. The van der Waals surface area contributed by atoms with E-state index in [1.165, 1.54) is 11.0 Å². The van der Waals surface area contributed by atoms with Crippen LogP contribution in [0.1, 0.15) is 52.5 Å². The van der Waals surface area contributed by atoms with Gasteiger partial charge in [0.25, 0.3) is 0 Å². The third-order valence-electron chi connectivity index (χ3n) is 5.24. The van der Waals surface area contributed by atoms with Crippen molar-refractivity contribution in [3.8, 4) is 0 Å². The van der Waals surface area contributed by atoms with E-state index in [4.69, 9.17) is 14.0 Å². The molecule has 0 saturated carbocycles. The average Bonchev–Trinajstić information content (AvgIpc) is 2.75. The fourth-order valence-corrected chi connectivity index (χ4v) is 3.02. The van der Waals surface area contributed by atoms with Gasteiger partial charge < -0.3 is 14.0 Å². The maximum Gasteiger partial charge on any atom is 0.490 e. The van der Waals surface area contributed by atoms with Crippen molar-refractivity contribution < 1.29 is 14.0 Å². The maximum absolute atomic E-state index is 6.17. The second kappa shape index (κ2) is 6.42. The van der Waals surface area contributed by atoms with Gasteiger partial charge in [-0.25, -0.2) is 0 Å². The van der Waals surface area contributed by atoms with Crippen LogP contribution < -0.4 is 0 Å². The van der Waals surface area contributed by atoms with E-state index < -0.39 is 0 Å². The minimum atomic E-state index is -0.281. The number of ether oxygens (including phenoxy) is 1. The van der Waals surface area contributed by atoms with Gasteiger partial charge >= 0.3 is 7.12 Å². The molecule has 0 radical (unpaired) electrons. The summed E-state index contributed by atoms with van der Waals surface area (Å²) in [6.07, 6.45) is 5.50. The van der Waals surface area contributed by atoms with Crippen molar-refractivity contribution in [2.24, 2.45) is 0 Å². The van der Waals surface area contributed by atoms with Gasteiger partial charge in [0.1, 0.15) is 0 Å². The van der Waals surface area contributed by atoms with Crippen molar-refractivity contribution in [3.05, 3.63) is 47.4 Å². The molecule has 0 aromatic heterocycles. The molecule has 2 aliphatic rings. The molecule has 0 bridgehead atoms. The standard InChI is InChI=1S/C19H27BO3/c1-18(2)19(3,4)23-20(22-18)16-11-8-12-17(13-16)21-14-15-9-6-5-7-10-15/h5-7,9-11,17H,8,12-14H2,1-4H3. The van der Waals surface area contributed by atoms with Gasteiger partial charge in [-0.3, -0.25) is 0 Å². The molecule has 1 saturated heterocycles. The van der Waals surface area contributed by atoms with E-state index in [1.54, 1.807) is 0 Å². The Hall–Kier alpha value is -1.10. The van der Waals surface area contributed by atoms with Crippen molar-refractivity contribution in [1.82, 2.24) is 0 Å². The molecule has 3 nitrogen and oxygen atoms in total. The first-order chi connectivity index (χ1) is 10.9. The number of hydrogen-bond acceptors (Lipinski definition) is 3. The van der Waals surface area contributed by atoms with Gasteiger partial charge in [-0.2, -0.15) is 0 Å². The van der Waals surface area contributed by atoms with Crippen LogP contribution in [0.4, 0.5) is 0 Å². The van der Waals surface area contributed by atoms with Gasteiger partial charge in [0.05, 0.1) is 23.9 Å². The van der Waals surface area contributed by atoms with E-state index in [2.05, 4.69) is 58.0 Å². The maximum atomic E-state index is 6.17. The highest BCUT2D eigenvalue weighted by molar-refractivity contribution is 6.54. The van der Waals surface area contributed by atoms with Crippen LogP contribution in [-0.2, 0) is 20.7 Å². The zero-order valence-electron chi connectivity index (χ0n) is 14.7. The molecule has 0 amide bonds. The van der Waals surface area contributed by atoms with Crippen molar-refractivity contribution in [2.75, 3.05) is 0 Å². The predicted molar refractivity (Wildman–Crippen MR) is 93.0 cm³/mol. The van der Waals surface area contributed by atoms with Gasteiger partial charge in [-0.1, -0.05) is 36.4 Å². The molecule has 1 aromatic rings. The van der Waals surface area contributed by atoms with Gasteiger partial charge in [-0.15, -0.1) is 0 Å². The quantitative estimate of drug-likeness (QED) is 0.775. The molecule has 0 spiro atoms. The van der Waals surface area contributed by atoms with E-state index in [9.17, 15) is 0 Å². The summed E-state index contributed by atoms with van der Waals surface area (Å²) in [6.45, 7) is 9.06. The molecular formula is C19H27BO3. The van der Waals surface area contributed by atoms with Crippen molar-refractivity contribution in [2.45, 2.75) is 70.9 Å². The lowest BCUT2D eigenvalue weighted by Gasteiger charge is -2.32. The molecule has 4 heteroatoms. The molecule has 1 atom stereocenters.